The number of ether oxygens (including phenoxy) is 2. The van der Waals surface area contributed by atoms with Gasteiger partial charge in [-0.25, -0.2) is 14.3 Å². The van der Waals surface area contributed by atoms with Crippen LogP contribution in [0, 0.1) is 0 Å². The van der Waals surface area contributed by atoms with E-state index in [0.29, 0.717) is 12.4 Å². The van der Waals surface area contributed by atoms with Crippen LogP contribution in [0.1, 0.15) is 40.5 Å². The molecule has 0 saturated carbocycles. The molecule has 24 heavy (non-hydrogen) atoms. The Morgan fingerprint density at radius 3 is 2.83 bits per heavy atom. The van der Waals surface area contributed by atoms with E-state index in [1.807, 2.05) is 33.8 Å². The van der Waals surface area contributed by atoms with Gasteiger partial charge >= 0.3 is 6.09 Å². The summed E-state index contributed by atoms with van der Waals surface area (Å²) in [4.78, 5) is 18.5. The third-order valence-corrected chi connectivity index (χ3v) is 4.03. The molecule has 1 amide bonds. The molecule has 0 aromatic carbocycles. The molecule has 7 heteroatoms. The van der Waals surface area contributed by atoms with Gasteiger partial charge in [0.1, 0.15) is 17.2 Å². The van der Waals surface area contributed by atoms with Crippen LogP contribution in [-0.4, -0.2) is 49.9 Å². The number of amides is 1. The van der Waals surface area contributed by atoms with Gasteiger partial charge in [-0.3, -0.25) is 0 Å². The summed E-state index contributed by atoms with van der Waals surface area (Å²) >= 11 is 0. The standard InChI is InChI=1S/C17H24N4O3/c1-12-5-6-13(11-20(12)16(22)24-17(2,3)4)23-15-14-7-8-19-21(14)10-9-18-15/h7-10,12-13H,5-6,11H2,1-4H3. The van der Waals surface area contributed by atoms with Crippen LogP contribution in [0.3, 0.4) is 0 Å². The highest BCUT2D eigenvalue weighted by molar-refractivity contribution is 5.68. The lowest BCUT2D eigenvalue weighted by atomic mass is 10.0. The van der Waals surface area contributed by atoms with Gasteiger partial charge in [-0.05, 0) is 46.6 Å². The summed E-state index contributed by atoms with van der Waals surface area (Å²) in [6.07, 6.45) is 6.48. The predicted octanol–water partition coefficient (Wildman–Crippen LogP) is 2.90. The summed E-state index contributed by atoms with van der Waals surface area (Å²) in [5.41, 5.74) is 0.315. The molecule has 0 bridgehead atoms. The number of aromatic nitrogens is 3. The Bertz CT molecular complexity index is 722. The van der Waals surface area contributed by atoms with Crippen molar-refractivity contribution >= 4 is 11.6 Å². The van der Waals surface area contributed by atoms with Crippen LogP contribution in [0.2, 0.25) is 0 Å². The van der Waals surface area contributed by atoms with Crippen molar-refractivity contribution in [2.45, 2.75) is 58.3 Å². The fraction of sp³-hybridized carbons (Fsp3) is 0.588. The maximum atomic E-state index is 12.4. The van der Waals surface area contributed by atoms with Crippen LogP contribution in [-0.2, 0) is 4.74 Å². The number of carbonyl (C=O) groups excluding carboxylic acids is 1. The molecule has 130 valence electrons. The van der Waals surface area contributed by atoms with E-state index >= 15 is 0 Å². The number of fused-ring (bicyclic) bond motifs is 1. The van der Waals surface area contributed by atoms with Crippen molar-refractivity contribution in [1.82, 2.24) is 19.5 Å². The third-order valence-electron chi connectivity index (χ3n) is 4.03. The van der Waals surface area contributed by atoms with Crippen LogP contribution >= 0.6 is 0 Å². The maximum absolute atomic E-state index is 12.4. The molecule has 0 N–H and O–H groups in total. The molecule has 3 heterocycles. The first-order chi connectivity index (χ1) is 11.3. The lowest BCUT2D eigenvalue weighted by Gasteiger charge is -2.38. The highest BCUT2D eigenvalue weighted by Crippen LogP contribution is 2.25. The van der Waals surface area contributed by atoms with Gasteiger partial charge in [0.05, 0.1) is 12.7 Å². The van der Waals surface area contributed by atoms with Gasteiger partial charge in [-0.2, -0.15) is 5.10 Å². The largest absolute Gasteiger partial charge is 0.471 e. The molecular weight excluding hydrogens is 308 g/mol. The number of hydrogen-bond donors (Lipinski definition) is 0. The lowest BCUT2D eigenvalue weighted by molar-refractivity contribution is -0.00579. The molecule has 2 aromatic rings. The molecule has 2 atom stereocenters. The van der Waals surface area contributed by atoms with Crippen molar-refractivity contribution in [3.8, 4) is 5.88 Å². The molecule has 3 rings (SSSR count). The number of hydrogen-bond acceptors (Lipinski definition) is 5. The highest BCUT2D eigenvalue weighted by Gasteiger charge is 2.33. The van der Waals surface area contributed by atoms with E-state index < -0.39 is 5.60 Å². The fourth-order valence-corrected chi connectivity index (χ4v) is 2.83. The zero-order valence-corrected chi connectivity index (χ0v) is 14.6. The van der Waals surface area contributed by atoms with Gasteiger partial charge in [-0.15, -0.1) is 0 Å². The fourth-order valence-electron chi connectivity index (χ4n) is 2.83. The molecule has 0 radical (unpaired) electrons. The van der Waals surface area contributed by atoms with Crippen molar-refractivity contribution < 1.29 is 14.3 Å². The van der Waals surface area contributed by atoms with E-state index in [4.69, 9.17) is 9.47 Å². The number of piperidine rings is 1. The summed E-state index contributed by atoms with van der Waals surface area (Å²) in [6, 6.07) is 2.00. The summed E-state index contributed by atoms with van der Waals surface area (Å²) < 4.78 is 13.3. The van der Waals surface area contributed by atoms with E-state index in [9.17, 15) is 4.79 Å². The summed E-state index contributed by atoms with van der Waals surface area (Å²) in [5.74, 6) is 0.540. The molecular formula is C17H24N4O3. The van der Waals surface area contributed by atoms with Gasteiger partial charge in [0.2, 0.25) is 5.88 Å². The Morgan fingerprint density at radius 2 is 2.08 bits per heavy atom. The molecule has 1 aliphatic rings. The summed E-state index contributed by atoms with van der Waals surface area (Å²) in [7, 11) is 0. The molecule has 1 fully saturated rings. The lowest BCUT2D eigenvalue weighted by Crippen LogP contribution is -2.50. The highest BCUT2D eigenvalue weighted by atomic mass is 16.6. The SMILES string of the molecule is CC1CCC(Oc2nccn3nccc23)CN1C(=O)OC(C)(C)C. The summed E-state index contributed by atoms with van der Waals surface area (Å²) in [5, 5.41) is 4.18. The average Bonchev–Trinajstić information content (AvgIpc) is 2.97. The van der Waals surface area contributed by atoms with Crippen LogP contribution in [0.25, 0.3) is 5.52 Å². The Morgan fingerprint density at radius 1 is 1.29 bits per heavy atom. The van der Waals surface area contributed by atoms with E-state index in [-0.39, 0.29) is 18.2 Å². The maximum Gasteiger partial charge on any atom is 0.410 e. The second kappa shape index (κ2) is 6.30. The van der Waals surface area contributed by atoms with Gasteiger partial charge in [0.25, 0.3) is 0 Å². The Kier molecular flexibility index (Phi) is 4.34. The second-order valence-electron chi connectivity index (χ2n) is 7.19. The predicted molar refractivity (Wildman–Crippen MR) is 89.0 cm³/mol. The number of likely N-dealkylation sites (tertiary alicyclic amines) is 1. The van der Waals surface area contributed by atoms with Gasteiger partial charge < -0.3 is 14.4 Å². The second-order valence-corrected chi connectivity index (χ2v) is 7.19. The minimum atomic E-state index is -0.505. The van der Waals surface area contributed by atoms with E-state index in [1.54, 1.807) is 28.0 Å². The van der Waals surface area contributed by atoms with Gasteiger partial charge in [-0.1, -0.05) is 0 Å². The number of nitrogens with zero attached hydrogens (tertiary/aromatic N) is 4. The molecule has 2 unspecified atom stereocenters. The first-order valence-corrected chi connectivity index (χ1v) is 8.28. The minimum Gasteiger partial charge on any atom is -0.471 e. The molecule has 7 nitrogen and oxygen atoms in total. The zero-order chi connectivity index (χ0) is 17.3. The molecule has 0 spiro atoms. The van der Waals surface area contributed by atoms with Crippen LogP contribution in [0.15, 0.2) is 24.7 Å². The van der Waals surface area contributed by atoms with Crippen LogP contribution in [0.5, 0.6) is 5.88 Å². The monoisotopic (exact) mass is 332 g/mol. The first kappa shape index (κ1) is 16.5. The number of carbonyl (C=O) groups is 1. The van der Waals surface area contributed by atoms with Crippen molar-refractivity contribution in [1.29, 1.82) is 0 Å². The smallest absolute Gasteiger partial charge is 0.410 e. The Hall–Kier alpha value is -2.31. The first-order valence-electron chi connectivity index (χ1n) is 8.28. The van der Waals surface area contributed by atoms with Gasteiger partial charge in [0.15, 0.2) is 0 Å². The minimum absolute atomic E-state index is 0.109. The van der Waals surface area contributed by atoms with Crippen LogP contribution in [0.4, 0.5) is 4.79 Å². The normalized spacial score (nSPS) is 21.8. The van der Waals surface area contributed by atoms with Crippen molar-refractivity contribution in [2.24, 2.45) is 0 Å². The topological polar surface area (TPSA) is 69.0 Å². The zero-order valence-electron chi connectivity index (χ0n) is 14.6. The Labute approximate surface area is 141 Å². The van der Waals surface area contributed by atoms with Crippen molar-refractivity contribution in [3.63, 3.8) is 0 Å². The molecule has 0 aliphatic carbocycles. The molecule has 1 aliphatic heterocycles. The quantitative estimate of drug-likeness (QED) is 0.846. The molecule has 2 aromatic heterocycles. The third kappa shape index (κ3) is 3.60. The average molecular weight is 332 g/mol. The molecule has 1 saturated heterocycles. The van der Waals surface area contributed by atoms with Gasteiger partial charge in [0, 0.05) is 18.4 Å². The summed E-state index contributed by atoms with van der Waals surface area (Å²) in [6.45, 7) is 8.15. The van der Waals surface area contributed by atoms with Crippen molar-refractivity contribution in [2.75, 3.05) is 6.54 Å². The van der Waals surface area contributed by atoms with Crippen molar-refractivity contribution in [3.05, 3.63) is 24.7 Å². The van der Waals surface area contributed by atoms with E-state index in [1.165, 1.54) is 0 Å². The number of rotatable bonds is 2. The van der Waals surface area contributed by atoms with E-state index in [0.717, 1.165) is 18.4 Å². The Balaban J connectivity index is 1.71. The van der Waals surface area contributed by atoms with E-state index in [2.05, 4.69) is 10.1 Å². The van der Waals surface area contributed by atoms with Crippen LogP contribution < -0.4 is 4.74 Å².